The summed E-state index contributed by atoms with van der Waals surface area (Å²) >= 11 is 0. The normalized spacial score (nSPS) is 15.1. The van der Waals surface area contributed by atoms with Crippen LogP contribution in [0.1, 0.15) is 23.3 Å². The van der Waals surface area contributed by atoms with Crippen LogP contribution in [0.5, 0.6) is 5.75 Å². The molecule has 0 atom stereocenters. The van der Waals surface area contributed by atoms with E-state index in [0.29, 0.717) is 11.8 Å². The van der Waals surface area contributed by atoms with Crippen molar-refractivity contribution in [3.63, 3.8) is 0 Å². The Morgan fingerprint density at radius 3 is 2.75 bits per heavy atom. The van der Waals surface area contributed by atoms with E-state index in [4.69, 9.17) is 9.15 Å². The second kappa shape index (κ2) is 7.08. The average molecular weight is 392 g/mol. The van der Waals surface area contributed by atoms with E-state index in [1.54, 1.807) is 6.08 Å². The molecule has 4 rings (SSSR count). The lowest BCUT2D eigenvalue weighted by Gasteiger charge is -2.22. The molecule has 0 saturated carbocycles. The zero-order chi connectivity index (χ0) is 19.7. The number of methoxy groups -OCH3 is 1. The van der Waals surface area contributed by atoms with E-state index in [1.807, 2.05) is 0 Å². The van der Waals surface area contributed by atoms with Gasteiger partial charge in [-0.1, -0.05) is 0 Å². The Hall–Kier alpha value is -3.21. The molecule has 8 nitrogen and oxygen atoms in total. The van der Waals surface area contributed by atoms with Gasteiger partial charge < -0.3 is 14.5 Å². The van der Waals surface area contributed by atoms with E-state index < -0.39 is 11.7 Å². The summed E-state index contributed by atoms with van der Waals surface area (Å²) in [7, 11) is 1.30. The molecule has 0 spiro atoms. The summed E-state index contributed by atoms with van der Waals surface area (Å²) in [5.74, 6) is 1.29. The van der Waals surface area contributed by atoms with Gasteiger partial charge >= 0.3 is 6.18 Å². The van der Waals surface area contributed by atoms with Gasteiger partial charge in [-0.3, -0.25) is 0 Å². The number of rotatable bonds is 5. The molecule has 146 valence electrons. The number of hydrogen-bond donors (Lipinski definition) is 1. The Morgan fingerprint density at radius 2 is 2.07 bits per heavy atom. The highest BCUT2D eigenvalue weighted by atomic mass is 19.4. The Bertz CT molecular complexity index is 1010. The first kappa shape index (κ1) is 18.2. The number of nitrogens with one attached hydrogen (secondary N) is 1. The zero-order valence-corrected chi connectivity index (χ0v) is 14.6. The Balaban J connectivity index is 1.55. The minimum atomic E-state index is -4.50. The van der Waals surface area contributed by atoms with E-state index in [2.05, 4.69) is 25.6 Å². The summed E-state index contributed by atoms with van der Waals surface area (Å²) in [6, 6.07) is 3.34. The smallest absolute Gasteiger partial charge is 0.416 e. The third-order valence-electron chi connectivity index (χ3n) is 4.19. The van der Waals surface area contributed by atoms with Crippen LogP contribution in [0.2, 0.25) is 0 Å². The van der Waals surface area contributed by atoms with Crippen molar-refractivity contribution in [1.82, 2.24) is 30.3 Å². The SMILES string of the molecule is COc1cc(-c2ncn(C=Cc3nnc(C4CNC4)o3)n2)cc(C(F)(F)F)c1. The van der Waals surface area contributed by atoms with E-state index in [0.717, 1.165) is 25.2 Å². The van der Waals surface area contributed by atoms with Crippen LogP contribution in [-0.4, -0.2) is 45.2 Å². The van der Waals surface area contributed by atoms with Crippen molar-refractivity contribution >= 4 is 12.3 Å². The summed E-state index contributed by atoms with van der Waals surface area (Å²) in [5.41, 5.74) is -0.644. The predicted molar refractivity (Wildman–Crippen MR) is 92.1 cm³/mol. The number of benzene rings is 1. The lowest BCUT2D eigenvalue weighted by atomic mass is 10.0. The molecule has 1 aromatic carbocycles. The number of nitrogens with zero attached hydrogens (tertiary/aromatic N) is 5. The van der Waals surface area contributed by atoms with Gasteiger partial charge in [0.25, 0.3) is 0 Å². The zero-order valence-electron chi connectivity index (χ0n) is 14.6. The summed E-state index contributed by atoms with van der Waals surface area (Å²) in [6.07, 6.45) is -0.0610. The van der Waals surface area contributed by atoms with Crippen LogP contribution in [0.15, 0.2) is 28.9 Å². The van der Waals surface area contributed by atoms with Gasteiger partial charge in [-0.2, -0.15) is 13.2 Å². The van der Waals surface area contributed by atoms with Crippen LogP contribution in [0.25, 0.3) is 23.7 Å². The fourth-order valence-corrected chi connectivity index (χ4v) is 2.57. The van der Waals surface area contributed by atoms with Crippen molar-refractivity contribution in [1.29, 1.82) is 0 Å². The van der Waals surface area contributed by atoms with Crippen molar-refractivity contribution in [3.8, 4) is 17.1 Å². The number of halogens is 3. The van der Waals surface area contributed by atoms with Gasteiger partial charge in [-0.05, 0) is 18.2 Å². The second-order valence-corrected chi connectivity index (χ2v) is 6.15. The van der Waals surface area contributed by atoms with E-state index in [1.165, 1.54) is 30.4 Å². The molecule has 0 unspecified atom stereocenters. The van der Waals surface area contributed by atoms with Crippen molar-refractivity contribution < 1.29 is 22.3 Å². The topological polar surface area (TPSA) is 90.9 Å². The molecule has 0 aliphatic carbocycles. The maximum Gasteiger partial charge on any atom is 0.416 e. The Morgan fingerprint density at radius 1 is 1.25 bits per heavy atom. The summed E-state index contributed by atoms with van der Waals surface area (Å²) < 4.78 is 51.0. The van der Waals surface area contributed by atoms with Gasteiger partial charge in [-0.25, -0.2) is 9.67 Å². The van der Waals surface area contributed by atoms with Crippen molar-refractivity contribution in [3.05, 3.63) is 41.9 Å². The quantitative estimate of drug-likeness (QED) is 0.714. The van der Waals surface area contributed by atoms with E-state index >= 15 is 0 Å². The summed E-state index contributed by atoms with van der Waals surface area (Å²) in [5, 5.41) is 15.2. The molecular weight excluding hydrogens is 377 g/mol. The average Bonchev–Trinajstić information content (AvgIpc) is 3.27. The third kappa shape index (κ3) is 3.74. The summed E-state index contributed by atoms with van der Waals surface area (Å²) in [4.78, 5) is 4.06. The number of aromatic nitrogens is 5. The maximum atomic E-state index is 13.1. The van der Waals surface area contributed by atoms with Crippen LogP contribution in [-0.2, 0) is 6.18 Å². The fraction of sp³-hybridized carbons (Fsp3) is 0.294. The molecule has 11 heteroatoms. The van der Waals surface area contributed by atoms with Crippen LogP contribution in [0.4, 0.5) is 13.2 Å². The van der Waals surface area contributed by atoms with Crippen LogP contribution in [0.3, 0.4) is 0 Å². The second-order valence-electron chi connectivity index (χ2n) is 6.15. The van der Waals surface area contributed by atoms with Gasteiger partial charge in [-0.15, -0.1) is 15.3 Å². The molecule has 0 amide bonds. The predicted octanol–water partition coefficient (Wildman–Crippen LogP) is 2.67. The van der Waals surface area contributed by atoms with Gasteiger partial charge in [0.15, 0.2) is 5.82 Å². The van der Waals surface area contributed by atoms with Gasteiger partial charge in [0, 0.05) is 30.9 Å². The van der Waals surface area contributed by atoms with Gasteiger partial charge in [0.1, 0.15) is 12.1 Å². The van der Waals surface area contributed by atoms with Crippen molar-refractivity contribution in [2.75, 3.05) is 20.2 Å². The molecule has 1 aliphatic rings. The number of alkyl halides is 3. The molecule has 1 aliphatic heterocycles. The highest BCUT2D eigenvalue weighted by Gasteiger charge is 2.32. The van der Waals surface area contributed by atoms with E-state index in [-0.39, 0.29) is 23.1 Å². The lowest BCUT2D eigenvalue weighted by molar-refractivity contribution is -0.137. The van der Waals surface area contributed by atoms with Crippen LogP contribution < -0.4 is 10.1 Å². The first-order valence-electron chi connectivity index (χ1n) is 8.32. The molecule has 0 bridgehead atoms. The summed E-state index contributed by atoms with van der Waals surface area (Å²) in [6.45, 7) is 1.61. The molecule has 3 aromatic rings. The highest BCUT2D eigenvalue weighted by molar-refractivity contribution is 5.60. The lowest BCUT2D eigenvalue weighted by Crippen LogP contribution is -2.40. The minimum absolute atomic E-state index is 0.0700. The third-order valence-corrected chi connectivity index (χ3v) is 4.19. The highest BCUT2D eigenvalue weighted by Crippen LogP contribution is 2.34. The molecule has 3 heterocycles. The molecular formula is C17H15F3N6O2. The molecule has 1 N–H and O–H groups in total. The van der Waals surface area contributed by atoms with Gasteiger partial charge in [0.2, 0.25) is 11.8 Å². The van der Waals surface area contributed by atoms with Crippen molar-refractivity contribution in [2.45, 2.75) is 12.1 Å². The van der Waals surface area contributed by atoms with Crippen LogP contribution in [0, 0.1) is 0 Å². The van der Waals surface area contributed by atoms with Crippen molar-refractivity contribution in [2.24, 2.45) is 0 Å². The molecule has 2 aromatic heterocycles. The maximum absolute atomic E-state index is 13.1. The number of ether oxygens (including phenoxy) is 1. The molecule has 1 fully saturated rings. The molecule has 0 radical (unpaired) electrons. The largest absolute Gasteiger partial charge is 0.497 e. The fourth-order valence-electron chi connectivity index (χ4n) is 2.57. The Labute approximate surface area is 157 Å². The Kier molecular flexibility index (Phi) is 4.59. The molecule has 28 heavy (non-hydrogen) atoms. The molecule has 1 saturated heterocycles. The first-order chi connectivity index (χ1) is 13.4. The van der Waals surface area contributed by atoms with Gasteiger partial charge in [0.05, 0.1) is 18.6 Å². The monoisotopic (exact) mass is 392 g/mol. The standard InChI is InChI=1S/C17H15F3N6O2/c1-27-13-5-10(4-12(6-13)17(18,19)20)15-22-9-26(25-15)3-2-14-23-24-16(28-14)11-7-21-8-11/h2-6,9,11,21H,7-8H2,1H3. The van der Waals surface area contributed by atoms with Crippen LogP contribution >= 0.6 is 0 Å². The first-order valence-corrected chi connectivity index (χ1v) is 8.32. The minimum Gasteiger partial charge on any atom is -0.497 e. The number of hydrogen-bond acceptors (Lipinski definition) is 7. The van der Waals surface area contributed by atoms with E-state index in [9.17, 15) is 13.2 Å².